The molecular formula is C9H11Cl2N3O. The Hall–Kier alpha value is -1.000. The van der Waals surface area contributed by atoms with Gasteiger partial charge in [0.15, 0.2) is 0 Å². The maximum Gasteiger partial charge on any atom is 0.221 e. The summed E-state index contributed by atoms with van der Waals surface area (Å²) in [6.07, 6.45) is 1.87. The van der Waals surface area contributed by atoms with Crippen molar-refractivity contribution in [2.45, 2.75) is 6.42 Å². The van der Waals surface area contributed by atoms with Gasteiger partial charge in [-0.25, -0.2) is 4.98 Å². The lowest BCUT2D eigenvalue weighted by molar-refractivity contribution is -0.120. The molecule has 0 spiro atoms. The van der Waals surface area contributed by atoms with Gasteiger partial charge in [-0.3, -0.25) is 4.79 Å². The predicted molar refractivity (Wildman–Crippen MR) is 61.4 cm³/mol. The largest absolute Gasteiger partial charge is 0.368 e. The Morgan fingerprint density at radius 2 is 2.27 bits per heavy atom. The van der Waals surface area contributed by atoms with Crippen LogP contribution in [0.1, 0.15) is 6.42 Å². The lowest BCUT2D eigenvalue weighted by atomic mass is 10.4. The first-order chi connectivity index (χ1) is 7.13. The summed E-state index contributed by atoms with van der Waals surface area (Å²) in [6.45, 7) is 0.480. The summed E-state index contributed by atoms with van der Waals surface area (Å²) >= 11 is 11.6. The molecule has 0 bridgehead atoms. The predicted octanol–water partition coefficient (Wildman–Crippen LogP) is 1.94. The Morgan fingerprint density at radius 3 is 2.87 bits per heavy atom. The zero-order valence-corrected chi connectivity index (χ0v) is 9.69. The van der Waals surface area contributed by atoms with E-state index in [4.69, 9.17) is 23.2 Å². The van der Waals surface area contributed by atoms with Crippen LogP contribution in [-0.4, -0.2) is 24.5 Å². The average molecular weight is 248 g/mol. The van der Waals surface area contributed by atoms with E-state index in [0.717, 1.165) is 0 Å². The van der Waals surface area contributed by atoms with Crippen molar-refractivity contribution >= 4 is 34.9 Å². The van der Waals surface area contributed by atoms with Gasteiger partial charge in [0.25, 0.3) is 0 Å². The number of hydrogen-bond donors (Lipinski definition) is 2. The highest BCUT2D eigenvalue weighted by atomic mass is 35.5. The number of aromatic nitrogens is 1. The number of hydrogen-bond acceptors (Lipinski definition) is 3. The van der Waals surface area contributed by atoms with E-state index in [1.807, 2.05) is 0 Å². The van der Waals surface area contributed by atoms with Crippen LogP contribution in [0.15, 0.2) is 12.3 Å². The molecule has 0 aliphatic rings. The monoisotopic (exact) mass is 247 g/mol. The van der Waals surface area contributed by atoms with Crippen molar-refractivity contribution in [2.24, 2.45) is 0 Å². The molecule has 0 atom stereocenters. The topological polar surface area (TPSA) is 54.0 Å². The van der Waals surface area contributed by atoms with E-state index in [-0.39, 0.29) is 5.91 Å². The number of halogens is 2. The van der Waals surface area contributed by atoms with Crippen LogP contribution < -0.4 is 10.6 Å². The van der Waals surface area contributed by atoms with Crippen molar-refractivity contribution in [3.05, 3.63) is 22.3 Å². The van der Waals surface area contributed by atoms with Crippen LogP contribution in [0.4, 0.5) is 5.82 Å². The highest BCUT2D eigenvalue weighted by Gasteiger charge is 2.03. The fourth-order valence-corrected chi connectivity index (χ4v) is 1.41. The minimum atomic E-state index is -0.0346. The van der Waals surface area contributed by atoms with Gasteiger partial charge in [-0.15, -0.1) is 0 Å². The maximum atomic E-state index is 10.9. The Labute approximate surface area is 98.0 Å². The molecule has 0 aliphatic carbocycles. The Kier molecular flexibility index (Phi) is 4.65. The molecule has 0 saturated heterocycles. The summed E-state index contributed by atoms with van der Waals surface area (Å²) in [5, 5.41) is 6.39. The summed E-state index contributed by atoms with van der Waals surface area (Å²) < 4.78 is 0. The number of carbonyl (C=O) groups is 1. The first-order valence-electron chi connectivity index (χ1n) is 4.39. The van der Waals surface area contributed by atoms with Crippen molar-refractivity contribution in [3.63, 3.8) is 0 Å². The first-order valence-corrected chi connectivity index (χ1v) is 5.14. The molecule has 0 unspecified atom stereocenters. The fraction of sp³-hybridized carbons (Fsp3) is 0.333. The van der Waals surface area contributed by atoms with Crippen LogP contribution in [0.3, 0.4) is 0 Å². The molecule has 4 nitrogen and oxygen atoms in total. The maximum absolute atomic E-state index is 10.9. The molecule has 1 heterocycles. The van der Waals surface area contributed by atoms with Crippen LogP contribution in [0.25, 0.3) is 0 Å². The van der Waals surface area contributed by atoms with E-state index in [2.05, 4.69) is 15.6 Å². The number of pyridine rings is 1. The van der Waals surface area contributed by atoms with Crippen molar-refractivity contribution in [1.29, 1.82) is 0 Å². The van der Waals surface area contributed by atoms with Gasteiger partial charge in [0, 0.05) is 26.2 Å². The molecule has 1 amide bonds. The normalized spacial score (nSPS) is 9.80. The number of nitrogens with one attached hydrogen (secondary N) is 2. The molecule has 0 fully saturated rings. The number of rotatable bonds is 4. The van der Waals surface area contributed by atoms with Crippen molar-refractivity contribution in [3.8, 4) is 0 Å². The van der Waals surface area contributed by atoms with Crippen LogP contribution in [0.2, 0.25) is 10.0 Å². The van der Waals surface area contributed by atoms with Gasteiger partial charge in [-0.2, -0.15) is 0 Å². The third-order valence-electron chi connectivity index (χ3n) is 1.73. The van der Waals surface area contributed by atoms with Crippen molar-refractivity contribution in [1.82, 2.24) is 10.3 Å². The van der Waals surface area contributed by atoms with Crippen LogP contribution in [0, 0.1) is 0 Å². The number of carbonyl (C=O) groups excluding carboxylic acids is 1. The molecule has 1 aromatic heterocycles. The van der Waals surface area contributed by atoms with Gasteiger partial charge < -0.3 is 10.6 Å². The standard InChI is InChI=1S/C9H11Cl2N3O/c1-12-8(15)2-3-13-9-7(11)4-6(10)5-14-9/h4-5H,2-3H2,1H3,(H,12,15)(H,13,14). The van der Waals surface area contributed by atoms with Gasteiger partial charge in [-0.05, 0) is 6.07 Å². The zero-order valence-electron chi connectivity index (χ0n) is 8.18. The lowest BCUT2D eigenvalue weighted by Gasteiger charge is -2.06. The molecule has 15 heavy (non-hydrogen) atoms. The Balaban J connectivity index is 2.47. The van der Waals surface area contributed by atoms with Crippen LogP contribution >= 0.6 is 23.2 Å². The second kappa shape index (κ2) is 5.78. The molecule has 0 aliphatic heterocycles. The lowest BCUT2D eigenvalue weighted by Crippen LogP contribution is -2.21. The van der Waals surface area contributed by atoms with E-state index < -0.39 is 0 Å². The van der Waals surface area contributed by atoms with Gasteiger partial charge in [-0.1, -0.05) is 23.2 Å². The molecule has 0 saturated carbocycles. The highest BCUT2D eigenvalue weighted by molar-refractivity contribution is 6.35. The first kappa shape index (κ1) is 12.1. The summed E-state index contributed by atoms with van der Waals surface area (Å²) in [7, 11) is 1.59. The van der Waals surface area contributed by atoms with Gasteiger partial charge in [0.1, 0.15) is 5.82 Å². The minimum absolute atomic E-state index is 0.0346. The Morgan fingerprint density at radius 1 is 1.53 bits per heavy atom. The molecule has 2 N–H and O–H groups in total. The van der Waals surface area contributed by atoms with Crippen LogP contribution in [-0.2, 0) is 4.79 Å². The SMILES string of the molecule is CNC(=O)CCNc1ncc(Cl)cc1Cl. The van der Waals surface area contributed by atoms with E-state index in [0.29, 0.717) is 28.8 Å². The van der Waals surface area contributed by atoms with Crippen molar-refractivity contribution in [2.75, 3.05) is 18.9 Å². The third kappa shape index (κ3) is 3.93. The van der Waals surface area contributed by atoms with Crippen LogP contribution in [0.5, 0.6) is 0 Å². The van der Waals surface area contributed by atoms with E-state index in [9.17, 15) is 4.79 Å². The molecule has 1 rings (SSSR count). The molecule has 6 heteroatoms. The molecule has 0 radical (unpaired) electrons. The van der Waals surface area contributed by atoms with Gasteiger partial charge in [0.2, 0.25) is 5.91 Å². The average Bonchev–Trinajstić information content (AvgIpc) is 2.21. The summed E-state index contributed by atoms with van der Waals surface area (Å²) in [5.74, 6) is 0.498. The fourth-order valence-electron chi connectivity index (χ4n) is 0.964. The molecular weight excluding hydrogens is 237 g/mol. The second-order valence-electron chi connectivity index (χ2n) is 2.83. The molecule has 0 aromatic carbocycles. The van der Waals surface area contributed by atoms with E-state index in [1.54, 1.807) is 13.1 Å². The summed E-state index contributed by atoms with van der Waals surface area (Å²) in [5.41, 5.74) is 0. The Bertz CT molecular complexity index is 357. The number of amides is 1. The quantitative estimate of drug-likeness (QED) is 0.856. The van der Waals surface area contributed by atoms with Gasteiger partial charge in [0.05, 0.1) is 10.0 Å². The highest BCUT2D eigenvalue weighted by Crippen LogP contribution is 2.22. The minimum Gasteiger partial charge on any atom is -0.368 e. The smallest absolute Gasteiger partial charge is 0.221 e. The molecule has 82 valence electrons. The number of anilines is 1. The zero-order chi connectivity index (χ0) is 11.3. The van der Waals surface area contributed by atoms with E-state index >= 15 is 0 Å². The van der Waals surface area contributed by atoms with E-state index in [1.165, 1.54) is 6.20 Å². The third-order valence-corrected chi connectivity index (χ3v) is 2.23. The molecule has 1 aromatic rings. The number of nitrogens with zero attached hydrogens (tertiary/aromatic N) is 1. The second-order valence-corrected chi connectivity index (χ2v) is 3.68. The summed E-state index contributed by atoms with van der Waals surface area (Å²) in [4.78, 5) is 14.9. The van der Waals surface area contributed by atoms with Gasteiger partial charge >= 0.3 is 0 Å². The summed E-state index contributed by atoms with van der Waals surface area (Å²) in [6, 6.07) is 1.60. The van der Waals surface area contributed by atoms with Crippen molar-refractivity contribution < 1.29 is 4.79 Å².